The molecule has 1 atom stereocenters. The summed E-state index contributed by atoms with van der Waals surface area (Å²) in [7, 11) is 0. The number of nitro groups is 1. The lowest BCUT2D eigenvalue weighted by Gasteiger charge is -2.13. The van der Waals surface area contributed by atoms with Crippen LogP contribution in [0.2, 0.25) is 0 Å². The van der Waals surface area contributed by atoms with Gasteiger partial charge in [0.1, 0.15) is 0 Å². The van der Waals surface area contributed by atoms with E-state index in [9.17, 15) is 19.6 Å². The van der Waals surface area contributed by atoms with Gasteiger partial charge >= 0.3 is 0 Å². The Morgan fingerprint density at radius 3 is 2.76 bits per heavy atom. The van der Waals surface area contributed by atoms with Gasteiger partial charge in [-0.15, -0.1) is 6.58 Å². The number of aromatic hydroxyl groups is 1. The molecule has 1 aromatic carbocycles. The van der Waals surface area contributed by atoms with Gasteiger partial charge in [-0.1, -0.05) is 5.57 Å². The molecular weight excluding hydrogens is 227 g/mol. The molecule has 6 heteroatoms. The van der Waals surface area contributed by atoms with Crippen LogP contribution in [0.25, 0.3) is 0 Å². The minimum absolute atomic E-state index is 0.0136. The van der Waals surface area contributed by atoms with Gasteiger partial charge in [-0.25, -0.2) is 4.39 Å². The molecule has 0 aliphatic rings. The highest BCUT2D eigenvalue weighted by Crippen LogP contribution is 2.32. The Morgan fingerprint density at radius 2 is 2.29 bits per heavy atom. The van der Waals surface area contributed by atoms with Gasteiger partial charge in [0.05, 0.1) is 11.0 Å². The molecule has 0 fully saturated rings. The predicted molar refractivity (Wildman–Crippen MR) is 61.1 cm³/mol. The van der Waals surface area contributed by atoms with Crippen molar-refractivity contribution >= 4 is 5.69 Å². The highest BCUT2D eigenvalue weighted by atomic mass is 19.1. The standard InChI is InChI=1S/C11H13FN2O3/c1-6(2)3-10(13)8-4-7(14(16)17)5-9(12)11(8)15/h4-5,10,15H,1,3,13H2,2H3/t10-/m1/s1. The van der Waals surface area contributed by atoms with Crippen molar-refractivity contribution in [2.24, 2.45) is 5.73 Å². The van der Waals surface area contributed by atoms with Crippen molar-refractivity contribution in [3.05, 3.63) is 45.8 Å². The van der Waals surface area contributed by atoms with Crippen molar-refractivity contribution in [3.8, 4) is 5.75 Å². The second-order valence-electron chi connectivity index (χ2n) is 3.89. The second-order valence-corrected chi connectivity index (χ2v) is 3.89. The quantitative estimate of drug-likeness (QED) is 0.480. The molecule has 0 unspecified atom stereocenters. The first-order valence-corrected chi connectivity index (χ1v) is 4.89. The molecule has 0 radical (unpaired) electrons. The summed E-state index contributed by atoms with van der Waals surface area (Å²) in [6.45, 7) is 5.37. The minimum atomic E-state index is -1.05. The summed E-state index contributed by atoms with van der Waals surface area (Å²) in [6.07, 6.45) is 0.314. The zero-order valence-corrected chi connectivity index (χ0v) is 9.31. The predicted octanol–water partition coefficient (Wildman–Crippen LogP) is 2.41. The van der Waals surface area contributed by atoms with Crippen molar-refractivity contribution in [2.45, 2.75) is 19.4 Å². The third-order valence-electron chi connectivity index (χ3n) is 2.26. The molecule has 0 saturated heterocycles. The zero-order valence-electron chi connectivity index (χ0n) is 9.31. The highest BCUT2D eigenvalue weighted by Gasteiger charge is 2.20. The SMILES string of the molecule is C=C(C)C[C@@H](N)c1cc([N+](=O)[O-])cc(F)c1O. The number of nitro benzene ring substituents is 1. The van der Waals surface area contributed by atoms with Crippen LogP contribution in [0, 0.1) is 15.9 Å². The zero-order chi connectivity index (χ0) is 13.2. The largest absolute Gasteiger partial charge is 0.505 e. The number of hydrogen-bond acceptors (Lipinski definition) is 4. The summed E-state index contributed by atoms with van der Waals surface area (Å²) in [4.78, 5) is 9.82. The molecule has 0 amide bonds. The molecular formula is C11H13FN2O3. The van der Waals surface area contributed by atoms with Crippen LogP contribution in [-0.4, -0.2) is 10.0 Å². The molecule has 5 nitrogen and oxygen atoms in total. The Hall–Kier alpha value is -1.95. The average molecular weight is 240 g/mol. The van der Waals surface area contributed by atoms with Crippen molar-refractivity contribution in [1.82, 2.24) is 0 Å². The van der Waals surface area contributed by atoms with Crippen molar-refractivity contribution in [3.63, 3.8) is 0 Å². The normalized spacial score (nSPS) is 12.2. The minimum Gasteiger partial charge on any atom is -0.505 e. The number of nitrogens with two attached hydrogens (primary N) is 1. The fraction of sp³-hybridized carbons (Fsp3) is 0.273. The number of benzene rings is 1. The Morgan fingerprint density at radius 1 is 1.71 bits per heavy atom. The Labute approximate surface area is 97.5 Å². The monoisotopic (exact) mass is 240 g/mol. The average Bonchev–Trinajstić information content (AvgIpc) is 2.20. The fourth-order valence-electron chi connectivity index (χ4n) is 1.48. The van der Waals surface area contributed by atoms with E-state index in [2.05, 4.69) is 6.58 Å². The highest BCUT2D eigenvalue weighted by molar-refractivity contribution is 5.46. The molecule has 92 valence electrons. The van der Waals surface area contributed by atoms with Crippen LogP contribution in [0.4, 0.5) is 10.1 Å². The first kappa shape index (κ1) is 13.1. The number of non-ortho nitro benzene ring substituents is 1. The molecule has 3 N–H and O–H groups in total. The molecule has 0 heterocycles. The lowest BCUT2D eigenvalue weighted by Crippen LogP contribution is -2.11. The van der Waals surface area contributed by atoms with Crippen LogP contribution in [-0.2, 0) is 0 Å². The maximum absolute atomic E-state index is 13.3. The molecule has 0 aliphatic heterocycles. The van der Waals surface area contributed by atoms with Crippen LogP contribution < -0.4 is 5.73 Å². The van der Waals surface area contributed by atoms with E-state index < -0.39 is 28.2 Å². The topological polar surface area (TPSA) is 89.4 Å². The number of halogens is 1. The van der Waals surface area contributed by atoms with Crippen LogP contribution >= 0.6 is 0 Å². The van der Waals surface area contributed by atoms with E-state index in [0.717, 1.165) is 11.6 Å². The van der Waals surface area contributed by atoms with E-state index in [1.165, 1.54) is 0 Å². The van der Waals surface area contributed by atoms with Gasteiger partial charge in [-0.3, -0.25) is 10.1 Å². The molecule has 0 bridgehead atoms. The van der Waals surface area contributed by atoms with Gasteiger partial charge in [0.25, 0.3) is 5.69 Å². The van der Waals surface area contributed by atoms with Crippen LogP contribution in [0.1, 0.15) is 24.9 Å². The summed E-state index contributed by atoms with van der Waals surface area (Å²) < 4.78 is 13.3. The van der Waals surface area contributed by atoms with Gasteiger partial charge in [-0.2, -0.15) is 0 Å². The van der Waals surface area contributed by atoms with E-state index in [1.54, 1.807) is 6.92 Å². The first-order chi connectivity index (χ1) is 7.82. The lowest BCUT2D eigenvalue weighted by atomic mass is 9.99. The van der Waals surface area contributed by atoms with Gasteiger partial charge in [0.15, 0.2) is 11.6 Å². The summed E-state index contributed by atoms with van der Waals surface area (Å²) in [5, 5.41) is 20.0. The summed E-state index contributed by atoms with van der Waals surface area (Å²) in [5.41, 5.74) is 6.04. The second kappa shape index (κ2) is 4.92. The summed E-state index contributed by atoms with van der Waals surface area (Å²) in [5.74, 6) is -1.70. The van der Waals surface area contributed by atoms with Gasteiger partial charge in [0.2, 0.25) is 0 Å². The first-order valence-electron chi connectivity index (χ1n) is 4.89. The van der Waals surface area contributed by atoms with Crippen molar-refractivity contribution < 1.29 is 14.4 Å². The number of hydrogen-bond donors (Lipinski definition) is 2. The smallest absolute Gasteiger partial charge is 0.272 e. The number of phenols is 1. The van der Waals surface area contributed by atoms with E-state index in [1.807, 2.05) is 0 Å². The third-order valence-corrected chi connectivity index (χ3v) is 2.26. The van der Waals surface area contributed by atoms with Crippen LogP contribution in [0.15, 0.2) is 24.3 Å². The third kappa shape index (κ3) is 3.01. The Kier molecular flexibility index (Phi) is 3.80. The Balaban J connectivity index is 3.22. The van der Waals surface area contributed by atoms with Crippen molar-refractivity contribution in [2.75, 3.05) is 0 Å². The van der Waals surface area contributed by atoms with Gasteiger partial charge < -0.3 is 10.8 Å². The maximum atomic E-state index is 13.3. The molecule has 17 heavy (non-hydrogen) atoms. The van der Waals surface area contributed by atoms with E-state index in [-0.39, 0.29) is 5.56 Å². The number of nitrogens with zero attached hydrogens (tertiary/aromatic N) is 1. The number of rotatable bonds is 4. The molecule has 1 rings (SSSR count). The molecule has 1 aromatic rings. The lowest BCUT2D eigenvalue weighted by molar-refractivity contribution is -0.385. The molecule has 0 aliphatic carbocycles. The van der Waals surface area contributed by atoms with E-state index in [0.29, 0.717) is 12.5 Å². The summed E-state index contributed by atoms with van der Waals surface area (Å²) >= 11 is 0. The van der Waals surface area contributed by atoms with E-state index >= 15 is 0 Å². The fourth-order valence-corrected chi connectivity index (χ4v) is 1.48. The van der Waals surface area contributed by atoms with Crippen molar-refractivity contribution in [1.29, 1.82) is 0 Å². The van der Waals surface area contributed by atoms with Crippen LogP contribution in [0.5, 0.6) is 5.75 Å². The summed E-state index contributed by atoms with van der Waals surface area (Å²) in [6, 6.07) is 1.01. The maximum Gasteiger partial charge on any atom is 0.272 e. The molecule has 0 aromatic heterocycles. The number of phenolic OH excluding ortho intramolecular Hbond substituents is 1. The van der Waals surface area contributed by atoms with Crippen LogP contribution in [0.3, 0.4) is 0 Å². The van der Waals surface area contributed by atoms with E-state index in [4.69, 9.17) is 5.73 Å². The molecule has 0 spiro atoms. The van der Waals surface area contributed by atoms with Gasteiger partial charge in [-0.05, 0) is 13.3 Å². The Bertz CT molecular complexity index is 474. The molecule has 0 saturated carbocycles. The van der Waals surface area contributed by atoms with Gasteiger partial charge in [0, 0.05) is 17.7 Å².